The molecule has 2 amide bonds. The van der Waals surface area contributed by atoms with Gasteiger partial charge in [0, 0.05) is 4.47 Å². The minimum absolute atomic E-state index is 0.0535. The largest absolute Gasteiger partial charge is 0.274 e. The lowest BCUT2D eigenvalue weighted by molar-refractivity contribution is -0.122. The van der Waals surface area contributed by atoms with Crippen LogP contribution in [0.15, 0.2) is 34.8 Å². The lowest BCUT2D eigenvalue weighted by atomic mass is 9.78. The van der Waals surface area contributed by atoms with Crippen molar-refractivity contribution in [3.8, 4) is 0 Å². The average Bonchev–Trinajstić information content (AvgIpc) is 2.64. The van der Waals surface area contributed by atoms with Gasteiger partial charge in [-0.15, -0.1) is 0 Å². The van der Waals surface area contributed by atoms with Crippen LogP contribution in [-0.2, 0) is 9.59 Å². The Kier molecular flexibility index (Phi) is 3.28. The van der Waals surface area contributed by atoms with Crippen LogP contribution in [0.5, 0.6) is 0 Å². The molecule has 3 rings (SSSR count). The predicted molar refractivity (Wildman–Crippen MR) is 81.3 cm³/mol. The number of imide groups is 1. The first-order chi connectivity index (χ1) is 9.50. The van der Waals surface area contributed by atoms with Gasteiger partial charge in [0.25, 0.3) is 0 Å². The van der Waals surface area contributed by atoms with Gasteiger partial charge in [0.2, 0.25) is 11.8 Å². The van der Waals surface area contributed by atoms with Crippen molar-refractivity contribution in [3.05, 3.63) is 40.4 Å². The molecule has 0 aromatic heterocycles. The van der Waals surface area contributed by atoms with Gasteiger partial charge in [-0.2, -0.15) is 0 Å². The minimum atomic E-state index is -0.199. The molecule has 20 heavy (non-hydrogen) atoms. The van der Waals surface area contributed by atoms with Crippen LogP contribution >= 0.6 is 15.9 Å². The molecule has 4 heteroatoms. The molecule has 3 nitrogen and oxygen atoms in total. The molecule has 0 bridgehead atoms. The first kappa shape index (κ1) is 13.6. The summed E-state index contributed by atoms with van der Waals surface area (Å²) in [6, 6.07) is 5.64. The fourth-order valence-corrected chi connectivity index (χ4v) is 3.73. The summed E-state index contributed by atoms with van der Waals surface area (Å²) in [5.74, 6) is -0.365. The summed E-state index contributed by atoms with van der Waals surface area (Å²) in [7, 11) is 0. The fraction of sp³-hybridized carbons (Fsp3) is 0.375. The van der Waals surface area contributed by atoms with Crippen molar-refractivity contribution in [2.45, 2.75) is 20.3 Å². The zero-order chi connectivity index (χ0) is 14.4. The molecule has 104 valence electrons. The Morgan fingerprint density at radius 3 is 2.65 bits per heavy atom. The number of benzene rings is 1. The van der Waals surface area contributed by atoms with Gasteiger partial charge < -0.3 is 0 Å². The molecule has 1 aromatic rings. The third-order valence-corrected chi connectivity index (χ3v) is 4.77. The van der Waals surface area contributed by atoms with E-state index in [-0.39, 0.29) is 29.6 Å². The van der Waals surface area contributed by atoms with Crippen molar-refractivity contribution >= 4 is 33.4 Å². The van der Waals surface area contributed by atoms with Gasteiger partial charge in [-0.1, -0.05) is 35.0 Å². The van der Waals surface area contributed by atoms with Crippen molar-refractivity contribution in [2.75, 3.05) is 4.90 Å². The molecular weight excluding hydrogens is 318 g/mol. The van der Waals surface area contributed by atoms with E-state index < -0.39 is 0 Å². The molecule has 1 fully saturated rings. The molecule has 1 aromatic carbocycles. The van der Waals surface area contributed by atoms with Gasteiger partial charge in [-0.05, 0) is 43.0 Å². The zero-order valence-electron chi connectivity index (χ0n) is 11.5. The number of carbonyl (C=O) groups excluding carboxylic acids is 2. The van der Waals surface area contributed by atoms with Gasteiger partial charge in [-0.25, -0.2) is 4.90 Å². The molecule has 0 radical (unpaired) electrons. The number of hydrogen-bond acceptors (Lipinski definition) is 2. The highest BCUT2D eigenvalue weighted by Crippen LogP contribution is 2.41. The van der Waals surface area contributed by atoms with E-state index in [2.05, 4.69) is 15.9 Å². The van der Waals surface area contributed by atoms with E-state index in [0.717, 1.165) is 10.0 Å². The first-order valence-corrected chi connectivity index (χ1v) is 7.60. The Hall–Kier alpha value is -1.42. The van der Waals surface area contributed by atoms with E-state index in [1.807, 2.05) is 44.2 Å². The molecule has 0 N–H and O–H groups in total. The molecule has 1 aliphatic heterocycles. The number of rotatable bonds is 1. The van der Waals surface area contributed by atoms with E-state index in [1.165, 1.54) is 4.90 Å². The maximum Gasteiger partial charge on any atom is 0.238 e. The van der Waals surface area contributed by atoms with E-state index >= 15 is 0 Å². The van der Waals surface area contributed by atoms with Crippen LogP contribution < -0.4 is 4.90 Å². The van der Waals surface area contributed by atoms with Crippen LogP contribution in [0.3, 0.4) is 0 Å². The summed E-state index contributed by atoms with van der Waals surface area (Å²) in [5, 5.41) is 0. The van der Waals surface area contributed by atoms with Crippen molar-refractivity contribution in [1.29, 1.82) is 0 Å². The SMILES string of the molecule is Cc1cc(Br)ccc1N1C(=O)C2CC=CC(C)C2C1=O. The van der Waals surface area contributed by atoms with E-state index in [0.29, 0.717) is 12.1 Å². The summed E-state index contributed by atoms with van der Waals surface area (Å²) >= 11 is 3.41. The van der Waals surface area contributed by atoms with Gasteiger partial charge in [0.05, 0.1) is 17.5 Å². The minimum Gasteiger partial charge on any atom is -0.274 e. The highest BCUT2D eigenvalue weighted by atomic mass is 79.9. The van der Waals surface area contributed by atoms with Gasteiger partial charge in [0.15, 0.2) is 0 Å². The molecule has 3 atom stereocenters. The summed E-state index contributed by atoms with van der Waals surface area (Å²) in [5.41, 5.74) is 1.64. The maximum atomic E-state index is 12.7. The molecule has 1 saturated heterocycles. The Labute approximate surface area is 126 Å². The molecule has 3 unspecified atom stereocenters. The monoisotopic (exact) mass is 333 g/mol. The number of halogens is 1. The summed E-state index contributed by atoms with van der Waals surface area (Å²) in [4.78, 5) is 26.6. The number of anilines is 1. The third kappa shape index (κ3) is 1.94. The number of nitrogens with zero attached hydrogens (tertiary/aromatic N) is 1. The zero-order valence-corrected chi connectivity index (χ0v) is 13.1. The standard InChI is InChI=1S/C16H16BrNO2/c1-9-4-3-5-12-14(9)16(20)18(15(12)19)13-7-6-11(17)8-10(13)2/h3-4,6-9,12,14H,5H2,1-2H3. The van der Waals surface area contributed by atoms with Gasteiger partial charge in [-0.3, -0.25) is 9.59 Å². The predicted octanol–water partition coefficient (Wildman–Crippen LogP) is 3.46. The van der Waals surface area contributed by atoms with Crippen LogP contribution in [-0.4, -0.2) is 11.8 Å². The Bertz CT molecular complexity index is 623. The summed E-state index contributed by atoms with van der Waals surface area (Å²) in [6.45, 7) is 3.93. The molecule has 0 saturated carbocycles. The Balaban J connectivity index is 2.03. The van der Waals surface area contributed by atoms with Crippen LogP contribution in [0, 0.1) is 24.7 Å². The van der Waals surface area contributed by atoms with Crippen molar-refractivity contribution in [2.24, 2.45) is 17.8 Å². The molecule has 0 spiro atoms. The van der Waals surface area contributed by atoms with E-state index in [4.69, 9.17) is 0 Å². The third-order valence-electron chi connectivity index (χ3n) is 4.27. The number of fused-ring (bicyclic) bond motifs is 1. The lowest BCUT2D eigenvalue weighted by Gasteiger charge is -2.22. The number of allylic oxidation sites excluding steroid dienone is 2. The number of aryl methyl sites for hydroxylation is 1. The topological polar surface area (TPSA) is 37.4 Å². The Morgan fingerprint density at radius 1 is 1.25 bits per heavy atom. The van der Waals surface area contributed by atoms with Crippen LogP contribution in [0.4, 0.5) is 5.69 Å². The second-order valence-electron chi connectivity index (χ2n) is 5.60. The highest BCUT2D eigenvalue weighted by molar-refractivity contribution is 9.10. The first-order valence-electron chi connectivity index (χ1n) is 6.81. The quantitative estimate of drug-likeness (QED) is 0.583. The van der Waals surface area contributed by atoms with Crippen LogP contribution in [0.2, 0.25) is 0 Å². The van der Waals surface area contributed by atoms with Gasteiger partial charge in [0.1, 0.15) is 0 Å². The van der Waals surface area contributed by atoms with Crippen LogP contribution in [0.1, 0.15) is 18.9 Å². The second-order valence-corrected chi connectivity index (χ2v) is 6.51. The smallest absolute Gasteiger partial charge is 0.238 e. The van der Waals surface area contributed by atoms with E-state index in [1.54, 1.807) is 0 Å². The summed E-state index contributed by atoms with van der Waals surface area (Å²) in [6.07, 6.45) is 4.74. The lowest BCUT2D eigenvalue weighted by Crippen LogP contribution is -2.32. The molecule has 1 heterocycles. The number of amides is 2. The fourth-order valence-electron chi connectivity index (χ4n) is 3.25. The van der Waals surface area contributed by atoms with Crippen molar-refractivity contribution in [3.63, 3.8) is 0 Å². The van der Waals surface area contributed by atoms with E-state index in [9.17, 15) is 9.59 Å². The second kappa shape index (κ2) is 4.85. The average molecular weight is 334 g/mol. The van der Waals surface area contributed by atoms with Gasteiger partial charge >= 0.3 is 0 Å². The Morgan fingerprint density at radius 2 is 2.00 bits per heavy atom. The number of carbonyl (C=O) groups is 2. The van der Waals surface area contributed by atoms with Crippen molar-refractivity contribution in [1.82, 2.24) is 0 Å². The van der Waals surface area contributed by atoms with Crippen molar-refractivity contribution < 1.29 is 9.59 Å². The highest BCUT2D eigenvalue weighted by Gasteiger charge is 2.50. The molecular formula is C16H16BrNO2. The summed E-state index contributed by atoms with van der Waals surface area (Å²) < 4.78 is 0.949. The van der Waals surface area contributed by atoms with Crippen LogP contribution in [0.25, 0.3) is 0 Å². The molecule has 1 aliphatic carbocycles. The normalized spacial score (nSPS) is 28.9. The maximum absolute atomic E-state index is 12.7. The number of hydrogen-bond donors (Lipinski definition) is 0. The molecule has 2 aliphatic rings.